The molecule has 1 N–H and O–H groups in total. The summed E-state index contributed by atoms with van der Waals surface area (Å²) in [6, 6.07) is 0.855. The second-order valence-electron chi connectivity index (χ2n) is 3.80. The summed E-state index contributed by atoms with van der Waals surface area (Å²) in [6.07, 6.45) is -3.59. The van der Waals surface area contributed by atoms with E-state index < -0.39 is 17.2 Å². The maximum atomic E-state index is 12.4. The minimum absolute atomic E-state index is 0.0950. The van der Waals surface area contributed by atoms with Crippen LogP contribution in [0.4, 0.5) is 19.0 Å². The van der Waals surface area contributed by atoms with Gasteiger partial charge in [-0.15, -0.1) is 0 Å². The average Bonchev–Trinajstić information content (AvgIpc) is 2.24. The Kier molecular flexibility index (Phi) is 4.56. The van der Waals surface area contributed by atoms with E-state index >= 15 is 0 Å². The van der Waals surface area contributed by atoms with Crippen LogP contribution in [-0.2, 0) is 6.18 Å². The highest BCUT2D eigenvalue weighted by atomic mass is 35.5. The van der Waals surface area contributed by atoms with Gasteiger partial charge in [-0.2, -0.15) is 13.2 Å². The van der Waals surface area contributed by atoms with Crippen LogP contribution < -0.4 is 5.32 Å². The zero-order valence-electron chi connectivity index (χ0n) is 9.48. The standard InChI is InChI=1S/C10H13ClF3N3/c1-3-6(2)5-15-8-4-7(10(12,13)14)16-9(11)17-8/h4,6H,3,5H2,1-2H3,(H,15,16,17). The number of nitrogens with zero attached hydrogens (tertiary/aromatic N) is 2. The number of nitrogens with one attached hydrogen (secondary N) is 1. The fourth-order valence-electron chi connectivity index (χ4n) is 1.08. The molecule has 1 atom stereocenters. The summed E-state index contributed by atoms with van der Waals surface area (Å²) < 4.78 is 37.3. The summed E-state index contributed by atoms with van der Waals surface area (Å²) in [5, 5.41) is 2.40. The van der Waals surface area contributed by atoms with E-state index in [4.69, 9.17) is 11.6 Å². The molecule has 1 aromatic rings. The fraction of sp³-hybridized carbons (Fsp3) is 0.600. The first-order chi connectivity index (χ1) is 7.82. The van der Waals surface area contributed by atoms with E-state index in [1.54, 1.807) is 0 Å². The van der Waals surface area contributed by atoms with Gasteiger partial charge < -0.3 is 5.32 Å². The van der Waals surface area contributed by atoms with Gasteiger partial charge in [0, 0.05) is 12.6 Å². The first-order valence-corrected chi connectivity index (χ1v) is 5.56. The van der Waals surface area contributed by atoms with Crippen molar-refractivity contribution in [1.29, 1.82) is 0 Å². The Labute approximate surface area is 102 Å². The molecule has 0 aliphatic heterocycles. The van der Waals surface area contributed by atoms with Gasteiger partial charge in [0.2, 0.25) is 5.28 Å². The zero-order valence-corrected chi connectivity index (χ0v) is 10.2. The van der Waals surface area contributed by atoms with Gasteiger partial charge in [-0.1, -0.05) is 20.3 Å². The number of hydrogen-bond donors (Lipinski definition) is 1. The van der Waals surface area contributed by atoms with Crippen molar-refractivity contribution in [2.45, 2.75) is 26.4 Å². The third-order valence-corrected chi connectivity index (χ3v) is 2.49. The maximum Gasteiger partial charge on any atom is 0.433 e. The number of rotatable bonds is 4. The Bertz CT molecular complexity index is 382. The normalized spacial score (nSPS) is 13.5. The number of hydrogen-bond acceptors (Lipinski definition) is 3. The van der Waals surface area contributed by atoms with Gasteiger partial charge in [0.25, 0.3) is 0 Å². The van der Waals surface area contributed by atoms with Gasteiger partial charge in [-0.05, 0) is 17.5 Å². The van der Waals surface area contributed by atoms with Crippen molar-refractivity contribution >= 4 is 17.4 Å². The molecule has 1 rings (SSSR count). The lowest BCUT2D eigenvalue weighted by Gasteiger charge is -2.12. The molecule has 0 radical (unpaired) electrons. The third kappa shape index (κ3) is 4.38. The maximum absolute atomic E-state index is 12.4. The van der Waals surface area contributed by atoms with Crippen LogP contribution in [0.15, 0.2) is 6.07 Å². The monoisotopic (exact) mass is 267 g/mol. The number of halogens is 4. The molecule has 7 heteroatoms. The third-order valence-electron chi connectivity index (χ3n) is 2.32. The van der Waals surface area contributed by atoms with Crippen LogP contribution in [0.3, 0.4) is 0 Å². The summed E-state index contributed by atoms with van der Waals surface area (Å²) in [7, 11) is 0. The zero-order chi connectivity index (χ0) is 13.1. The molecule has 3 nitrogen and oxygen atoms in total. The van der Waals surface area contributed by atoms with E-state index in [0.29, 0.717) is 12.5 Å². The lowest BCUT2D eigenvalue weighted by Crippen LogP contribution is -2.14. The molecule has 0 aliphatic carbocycles. The minimum atomic E-state index is -4.51. The van der Waals surface area contributed by atoms with Crippen LogP contribution >= 0.6 is 11.6 Å². The second kappa shape index (κ2) is 5.53. The molecule has 0 amide bonds. The average molecular weight is 268 g/mol. The van der Waals surface area contributed by atoms with E-state index in [1.807, 2.05) is 13.8 Å². The molecule has 17 heavy (non-hydrogen) atoms. The second-order valence-corrected chi connectivity index (χ2v) is 4.14. The summed E-state index contributed by atoms with van der Waals surface area (Å²) in [5.41, 5.74) is -1.04. The van der Waals surface area contributed by atoms with Crippen LogP contribution in [0.2, 0.25) is 5.28 Å². The molecule has 0 aliphatic rings. The molecule has 0 bridgehead atoms. The first-order valence-electron chi connectivity index (χ1n) is 5.18. The molecule has 0 saturated heterocycles. The van der Waals surface area contributed by atoms with Gasteiger partial charge >= 0.3 is 6.18 Å². The molecule has 0 aromatic carbocycles. The van der Waals surface area contributed by atoms with Gasteiger partial charge in [0.15, 0.2) is 5.69 Å². The van der Waals surface area contributed by atoms with Gasteiger partial charge in [0.1, 0.15) is 5.82 Å². The highest BCUT2D eigenvalue weighted by molar-refractivity contribution is 6.28. The van der Waals surface area contributed by atoms with Crippen molar-refractivity contribution in [2.24, 2.45) is 5.92 Å². The molecule has 1 unspecified atom stereocenters. The van der Waals surface area contributed by atoms with Crippen molar-refractivity contribution in [3.63, 3.8) is 0 Å². The van der Waals surface area contributed by atoms with Crippen molar-refractivity contribution in [2.75, 3.05) is 11.9 Å². The Morgan fingerprint density at radius 3 is 2.59 bits per heavy atom. The first kappa shape index (κ1) is 14.0. The number of aromatic nitrogens is 2. The molecular formula is C10H13ClF3N3. The largest absolute Gasteiger partial charge is 0.433 e. The summed E-state index contributed by atoms with van der Waals surface area (Å²) in [6.45, 7) is 4.53. The van der Waals surface area contributed by atoms with Crippen LogP contribution in [0.25, 0.3) is 0 Å². The van der Waals surface area contributed by atoms with E-state index in [9.17, 15) is 13.2 Å². The topological polar surface area (TPSA) is 37.8 Å². The SMILES string of the molecule is CCC(C)CNc1cc(C(F)(F)F)nc(Cl)n1. The Morgan fingerprint density at radius 2 is 2.06 bits per heavy atom. The predicted molar refractivity (Wildman–Crippen MR) is 60.0 cm³/mol. The van der Waals surface area contributed by atoms with Gasteiger partial charge in [-0.25, -0.2) is 9.97 Å². The van der Waals surface area contributed by atoms with E-state index in [-0.39, 0.29) is 5.82 Å². The Balaban J connectivity index is 2.83. The smallest absolute Gasteiger partial charge is 0.370 e. The summed E-state index contributed by atoms with van der Waals surface area (Å²) in [5.74, 6) is 0.440. The van der Waals surface area contributed by atoms with E-state index in [2.05, 4.69) is 15.3 Å². The number of anilines is 1. The summed E-state index contributed by atoms with van der Waals surface area (Å²) in [4.78, 5) is 6.84. The van der Waals surface area contributed by atoms with Crippen molar-refractivity contribution < 1.29 is 13.2 Å². The van der Waals surface area contributed by atoms with Crippen LogP contribution in [0.1, 0.15) is 26.0 Å². The van der Waals surface area contributed by atoms with Crippen molar-refractivity contribution in [3.05, 3.63) is 17.0 Å². The fourth-order valence-corrected chi connectivity index (χ4v) is 1.26. The lowest BCUT2D eigenvalue weighted by molar-refractivity contribution is -0.141. The molecular weight excluding hydrogens is 255 g/mol. The van der Waals surface area contributed by atoms with Crippen LogP contribution in [-0.4, -0.2) is 16.5 Å². The Morgan fingerprint density at radius 1 is 1.41 bits per heavy atom. The molecule has 0 fully saturated rings. The molecule has 0 saturated carbocycles. The highest BCUT2D eigenvalue weighted by Gasteiger charge is 2.33. The molecule has 1 heterocycles. The number of alkyl halides is 3. The van der Waals surface area contributed by atoms with Crippen molar-refractivity contribution in [3.8, 4) is 0 Å². The van der Waals surface area contributed by atoms with E-state index in [0.717, 1.165) is 12.5 Å². The molecule has 0 spiro atoms. The van der Waals surface area contributed by atoms with Crippen LogP contribution in [0, 0.1) is 5.92 Å². The molecule has 1 aromatic heterocycles. The van der Waals surface area contributed by atoms with Gasteiger partial charge in [-0.3, -0.25) is 0 Å². The van der Waals surface area contributed by atoms with Crippen molar-refractivity contribution in [1.82, 2.24) is 9.97 Å². The van der Waals surface area contributed by atoms with Crippen LogP contribution in [0.5, 0.6) is 0 Å². The Hall–Kier alpha value is -1.04. The predicted octanol–water partition coefficient (Wildman–Crippen LogP) is 3.61. The van der Waals surface area contributed by atoms with E-state index in [1.165, 1.54) is 0 Å². The quantitative estimate of drug-likeness (QED) is 0.847. The summed E-state index contributed by atoms with van der Waals surface area (Å²) >= 11 is 5.44. The lowest BCUT2D eigenvalue weighted by atomic mass is 10.1. The van der Waals surface area contributed by atoms with Gasteiger partial charge in [0.05, 0.1) is 0 Å². The highest BCUT2D eigenvalue weighted by Crippen LogP contribution is 2.29. The minimum Gasteiger partial charge on any atom is -0.370 e. The molecule has 96 valence electrons.